The van der Waals surface area contributed by atoms with Gasteiger partial charge < -0.3 is 15.4 Å². The van der Waals surface area contributed by atoms with E-state index in [-0.39, 0.29) is 18.5 Å². The summed E-state index contributed by atoms with van der Waals surface area (Å²) >= 11 is 1.37. The molecule has 0 saturated heterocycles. The van der Waals surface area contributed by atoms with Crippen LogP contribution in [-0.4, -0.2) is 36.0 Å². The molecular weight excluding hydrogens is 402 g/mol. The predicted molar refractivity (Wildman–Crippen MR) is 116 cm³/mol. The Hall–Kier alpha value is -3.13. The van der Waals surface area contributed by atoms with Crippen molar-refractivity contribution in [2.45, 2.75) is 33.2 Å². The fourth-order valence-electron chi connectivity index (χ4n) is 3.36. The first kappa shape index (κ1) is 21.6. The Bertz CT molecular complexity index is 951. The number of urea groups is 1. The third kappa shape index (κ3) is 4.54. The van der Waals surface area contributed by atoms with Crippen LogP contribution in [0.15, 0.2) is 53.0 Å². The van der Waals surface area contributed by atoms with E-state index in [1.807, 2.05) is 18.4 Å². The Kier molecular flexibility index (Phi) is 6.89. The number of benzene rings is 1. The van der Waals surface area contributed by atoms with Gasteiger partial charge in [-0.25, -0.2) is 9.59 Å². The van der Waals surface area contributed by atoms with Crippen LogP contribution in [0.4, 0.5) is 10.5 Å². The van der Waals surface area contributed by atoms with Gasteiger partial charge in [-0.1, -0.05) is 25.1 Å². The van der Waals surface area contributed by atoms with Gasteiger partial charge >= 0.3 is 12.0 Å². The van der Waals surface area contributed by atoms with E-state index in [2.05, 4.69) is 10.6 Å². The van der Waals surface area contributed by atoms with Crippen molar-refractivity contribution in [2.24, 2.45) is 0 Å². The van der Waals surface area contributed by atoms with Crippen molar-refractivity contribution in [1.82, 2.24) is 10.2 Å². The molecule has 0 spiro atoms. The largest absolute Gasteiger partial charge is 0.463 e. The Morgan fingerprint density at radius 1 is 1.20 bits per heavy atom. The third-order valence-corrected chi connectivity index (χ3v) is 5.65. The normalized spacial score (nSPS) is 16.3. The average molecular weight is 428 g/mol. The zero-order chi connectivity index (χ0) is 21.7. The molecule has 3 rings (SSSR count). The lowest BCUT2D eigenvalue weighted by Crippen LogP contribution is -2.48. The van der Waals surface area contributed by atoms with Crippen LogP contribution in [-0.2, 0) is 9.53 Å². The van der Waals surface area contributed by atoms with E-state index in [1.54, 1.807) is 49.1 Å². The van der Waals surface area contributed by atoms with Gasteiger partial charge in [0.1, 0.15) is 0 Å². The lowest BCUT2D eigenvalue weighted by atomic mass is 9.94. The molecule has 2 aromatic rings. The van der Waals surface area contributed by atoms with Crippen LogP contribution in [0.2, 0.25) is 0 Å². The van der Waals surface area contributed by atoms with Crippen molar-refractivity contribution in [2.75, 3.05) is 18.5 Å². The highest BCUT2D eigenvalue weighted by molar-refractivity contribution is 7.12. The fourth-order valence-corrected chi connectivity index (χ4v) is 3.98. The van der Waals surface area contributed by atoms with Gasteiger partial charge in [0, 0.05) is 17.9 Å². The Labute approximate surface area is 179 Å². The molecule has 0 saturated carbocycles. The van der Waals surface area contributed by atoms with Gasteiger partial charge in [-0.2, -0.15) is 0 Å². The van der Waals surface area contributed by atoms with Crippen molar-refractivity contribution < 1.29 is 19.1 Å². The fraction of sp³-hybridized carbons (Fsp3) is 0.318. The zero-order valence-electron chi connectivity index (χ0n) is 17.2. The molecule has 1 aromatic heterocycles. The molecule has 7 nitrogen and oxygen atoms in total. The second-order valence-corrected chi connectivity index (χ2v) is 7.75. The topological polar surface area (TPSA) is 87.7 Å². The minimum absolute atomic E-state index is 0.179. The molecule has 0 unspecified atom stereocenters. The number of esters is 1. The standard InChI is InChI=1S/C22H25N3O4S/c1-4-12-25-14(3)18(21(27)29-5-2)19(24-22(25)28)15-8-10-16(11-9-15)23-20(26)17-7-6-13-30-17/h6-11,13,19H,4-5,12H2,1-3H3,(H,23,26)(H,24,28)/t19-/m1/s1. The molecule has 0 bridgehead atoms. The van der Waals surface area contributed by atoms with Gasteiger partial charge in [-0.15, -0.1) is 11.3 Å². The highest BCUT2D eigenvalue weighted by Crippen LogP contribution is 2.32. The van der Waals surface area contributed by atoms with Crippen LogP contribution in [0.5, 0.6) is 0 Å². The first-order valence-electron chi connectivity index (χ1n) is 9.87. The van der Waals surface area contributed by atoms with Crippen molar-refractivity contribution in [3.05, 3.63) is 63.5 Å². The number of carbonyl (C=O) groups excluding carboxylic acids is 3. The summed E-state index contributed by atoms with van der Waals surface area (Å²) < 4.78 is 5.25. The molecule has 30 heavy (non-hydrogen) atoms. The Balaban J connectivity index is 1.87. The van der Waals surface area contributed by atoms with E-state index in [0.29, 0.717) is 28.4 Å². The number of hydrogen-bond donors (Lipinski definition) is 2. The van der Waals surface area contributed by atoms with Crippen molar-refractivity contribution in [1.29, 1.82) is 0 Å². The van der Waals surface area contributed by atoms with E-state index in [1.165, 1.54) is 11.3 Å². The Morgan fingerprint density at radius 2 is 1.93 bits per heavy atom. The molecular formula is C22H25N3O4S. The number of nitrogens with zero attached hydrogens (tertiary/aromatic N) is 1. The van der Waals surface area contributed by atoms with Crippen LogP contribution in [0.3, 0.4) is 0 Å². The minimum atomic E-state index is -0.619. The number of thiophene rings is 1. The van der Waals surface area contributed by atoms with Gasteiger partial charge in [-0.05, 0) is 49.4 Å². The van der Waals surface area contributed by atoms with Gasteiger partial charge in [0.2, 0.25) is 0 Å². The second kappa shape index (κ2) is 9.58. The molecule has 3 amide bonds. The van der Waals surface area contributed by atoms with Crippen LogP contribution < -0.4 is 10.6 Å². The molecule has 1 aromatic carbocycles. The highest BCUT2D eigenvalue weighted by Gasteiger charge is 2.36. The van der Waals surface area contributed by atoms with E-state index >= 15 is 0 Å². The molecule has 1 atom stereocenters. The summed E-state index contributed by atoms with van der Waals surface area (Å²) in [4.78, 5) is 39.7. The van der Waals surface area contributed by atoms with E-state index in [4.69, 9.17) is 4.74 Å². The first-order valence-corrected chi connectivity index (χ1v) is 10.7. The number of nitrogens with one attached hydrogen (secondary N) is 2. The quantitative estimate of drug-likeness (QED) is 0.645. The summed E-state index contributed by atoms with van der Waals surface area (Å²) in [5.74, 6) is -0.627. The van der Waals surface area contributed by atoms with E-state index < -0.39 is 12.0 Å². The smallest absolute Gasteiger partial charge is 0.338 e. The number of allylic oxidation sites excluding steroid dienone is 1. The maximum atomic E-state index is 12.7. The summed E-state index contributed by atoms with van der Waals surface area (Å²) in [6, 6.07) is 9.80. The second-order valence-electron chi connectivity index (χ2n) is 6.81. The van der Waals surface area contributed by atoms with Crippen molar-refractivity contribution in [3.63, 3.8) is 0 Å². The monoisotopic (exact) mass is 427 g/mol. The summed E-state index contributed by atoms with van der Waals surface area (Å²) in [5, 5.41) is 7.60. The van der Waals surface area contributed by atoms with Crippen LogP contribution >= 0.6 is 11.3 Å². The molecule has 2 N–H and O–H groups in total. The maximum Gasteiger partial charge on any atom is 0.338 e. The third-order valence-electron chi connectivity index (χ3n) is 4.79. The molecule has 8 heteroatoms. The molecule has 158 valence electrons. The average Bonchev–Trinajstić information content (AvgIpc) is 3.26. The first-order chi connectivity index (χ1) is 14.5. The molecule has 0 radical (unpaired) electrons. The highest BCUT2D eigenvalue weighted by atomic mass is 32.1. The van der Waals surface area contributed by atoms with Gasteiger partial charge in [0.25, 0.3) is 5.91 Å². The SMILES string of the molecule is CCCN1C(=O)N[C@H](c2ccc(NC(=O)c3cccs3)cc2)C(C(=O)OCC)=C1C. The summed E-state index contributed by atoms with van der Waals surface area (Å²) in [6.45, 7) is 6.25. The molecule has 1 aliphatic rings. The Morgan fingerprint density at radius 3 is 2.53 bits per heavy atom. The number of ether oxygens (including phenoxy) is 1. The predicted octanol–water partition coefficient (Wildman–Crippen LogP) is 4.31. The lowest BCUT2D eigenvalue weighted by Gasteiger charge is -2.35. The van der Waals surface area contributed by atoms with Crippen LogP contribution in [0, 0.1) is 0 Å². The minimum Gasteiger partial charge on any atom is -0.463 e. The molecule has 2 heterocycles. The zero-order valence-corrected chi connectivity index (χ0v) is 18.0. The summed E-state index contributed by atoms with van der Waals surface area (Å²) in [6.07, 6.45) is 0.768. The number of amides is 3. The lowest BCUT2D eigenvalue weighted by molar-refractivity contribution is -0.139. The van der Waals surface area contributed by atoms with Gasteiger partial charge in [0.05, 0.1) is 23.1 Å². The van der Waals surface area contributed by atoms with Crippen molar-refractivity contribution >= 4 is 34.9 Å². The van der Waals surface area contributed by atoms with E-state index in [0.717, 1.165) is 12.0 Å². The van der Waals surface area contributed by atoms with Crippen molar-refractivity contribution in [3.8, 4) is 0 Å². The molecule has 1 aliphatic heterocycles. The summed E-state index contributed by atoms with van der Waals surface area (Å²) in [7, 11) is 0. The van der Waals surface area contributed by atoms with Gasteiger partial charge in [0.15, 0.2) is 0 Å². The maximum absolute atomic E-state index is 12.7. The summed E-state index contributed by atoms with van der Waals surface area (Å²) in [5.41, 5.74) is 2.38. The molecule has 0 aliphatic carbocycles. The van der Waals surface area contributed by atoms with Crippen LogP contribution in [0.25, 0.3) is 0 Å². The van der Waals surface area contributed by atoms with Crippen LogP contribution in [0.1, 0.15) is 48.5 Å². The van der Waals surface area contributed by atoms with E-state index in [9.17, 15) is 14.4 Å². The number of rotatable bonds is 7. The number of hydrogen-bond acceptors (Lipinski definition) is 5. The number of carbonyl (C=O) groups is 3. The number of anilines is 1. The molecule has 0 fully saturated rings. The van der Waals surface area contributed by atoms with Gasteiger partial charge in [-0.3, -0.25) is 9.69 Å².